The highest BCUT2D eigenvalue weighted by Gasteiger charge is 2.40. The van der Waals surface area contributed by atoms with E-state index >= 15 is 0 Å². The molecule has 2 N–H and O–H groups in total. The molecule has 0 unspecified atom stereocenters. The van der Waals surface area contributed by atoms with Crippen LogP contribution in [0.25, 0.3) is 10.9 Å². The van der Waals surface area contributed by atoms with E-state index in [1.165, 1.54) is 34.6 Å². The van der Waals surface area contributed by atoms with E-state index in [0.29, 0.717) is 35.6 Å². The molecule has 1 aliphatic heterocycles. The van der Waals surface area contributed by atoms with E-state index < -0.39 is 29.3 Å². The van der Waals surface area contributed by atoms with Gasteiger partial charge in [0.2, 0.25) is 11.8 Å². The third-order valence-electron chi connectivity index (χ3n) is 7.72. The highest BCUT2D eigenvalue weighted by atomic mass is 35.5. The van der Waals surface area contributed by atoms with Crippen molar-refractivity contribution in [2.45, 2.75) is 45.8 Å². The van der Waals surface area contributed by atoms with Crippen LogP contribution in [0.15, 0.2) is 46.0 Å². The van der Waals surface area contributed by atoms with Crippen molar-refractivity contribution >= 4 is 45.9 Å². The first kappa shape index (κ1) is 28.1. The quantitative estimate of drug-likeness (QED) is 0.441. The Balaban J connectivity index is 1.40. The Hall–Kier alpha value is -4.43. The van der Waals surface area contributed by atoms with Gasteiger partial charge < -0.3 is 15.5 Å². The number of fused-ring (bicyclic) bond motifs is 1. The third-order valence-corrected chi connectivity index (χ3v) is 8.03. The minimum absolute atomic E-state index is 0.0946. The van der Waals surface area contributed by atoms with Crippen LogP contribution >= 0.6 is 11.6 Å². The molecule has 212 valence electrons. The number of rotatable bonds is 7. The van der Waals surface area contributed by atoms with Crippen LogP contribution < -0.4 is 21.9 Å². The van der Waals surface area contributed by atoms with Crippen molar-refractivity contribution in [1.82, 2.24) is 19.4 Å². The second-order valence-corrected chi connectivity index (χ2v) is 10.9. The van der Waals surface area contributed by atoms with Gasteiger partial charge in [-0.15, -0.1) is 0 Å². The van der Waals surface area contributed by atoms with Crippen LogP contribution in [0.3, 0.4) is 0 Å². The van der Waals surface area contributed by atoms with Crippen molar-refractivity contribution in [3.05, 3.63) is 73.4 Å². The number of halogens is 1. The lowest BCUT2D eigenvalue weighted by Crippen LogP contribution is -2.44. The predicted molar refractivity (Wildman–Crippen MR) is 153 cm³/mol. The fourth-order valence-electron chi connectivity index (χ4n) is 5.23. The molecule has 1 saturated heterocycles. The topological polar surface area (TPSA) is 146 Å². The molecule has 3 amide bonds. The SMILES string of the molecule is CCn1c(=O)n(CC2CC2)c(=O)c2cc(NC(=O)[C@@H]3CN(C(C)=O)C[C@@H]3NC(=O)c3ccc(C#N)c(Cl)c3)ccc21. The first-order chi connectivity index (χ1) is 19.6. The lowest BCUT2D eigenvalue weighted by molar-refractivity contribution is -0.128. The molecule has 2 aromatic carbocycles. The maximum Gasteiger partial charge on any atom is 0.331 e. The number of hydrogen-bond acceptors (Lipinski definition) is 6. The smallest absolute Gasteiger partial charge is 0.331 e. The lowest BCUT2D eigenvalue weighted by Gasteiger charge is -2.20. The number of aryl methyl sites for hydroxylation is 1. The number of amides is 3. The standard InChI is InChI=1S/C29H29ClN6O5/c1-3-35-25-9-8-20(11-21(25)28(40)36(29(35)41)13-17-4-5-17)32-27(39)22-14-34(16(2)37)15-24(22)33-26(38)18-6-7-19(12-31)23(30)10-18/h6-11,17,22,24H,3-5,13-15H2,1-2H3,(H,32,39)(H,33,38)/t22-,24+/m1/s1. The zero-order valence-corrected chi connectivity index (χ0v) is 23.4. The summed E-state index contributed by atoms with van der Waals surface area (Å²) in [4.78, 5) is 66.3. The van der Waals surface area contributed by atoms with Gasteiger partial charge in [0.1, 0.15) is 6.07 Å². The molecule has 2 atom stereocenters. The summed E-state index contributed by atoms with van der Waals surface area (Å²) in [6.45, 7) is 4.22. The Morgan fingerprint density at radius 2 is 1.83 bits per heavy atom. The van der Waals surface area contributed by atoms with Gasteiger partial charge in [-0.25, -0.2) is 4.79 Å². The first-order valence-corrected chi connectivity index (χ1v) is 13.8. The van der Waals surface area contributed by atoms with Crippen molar-refractivity contribution in [2.24, 2.45) is 11.8 Å². The number of aromatic nitrogens is 2. The van der Waals surface area contributed by atoms with E-state index in [0.717, 1.165) is 12.8 Å². The molecule has 1 aromatic heterocycles. The van der Waals surface area contributed by atoms with Crippen molar-refractivity contribution < 1.29 is 14.4 Å². The Labute approximate surface area is 240 Å². The summed E-state index contributed by atoms with van der Waals surface area (Å²) in [5.41, 5.74) is 0.563. The van der Waals surface area contributed by atoms with E-state index in [4.69, 9.17) is 16.9 Å². The summed E-state index contributed by atoms with van der Waals surface area (Å²) >= 11 is 6.08. The molecule has 5 rings (SSSR count). The molecule has 1 saturated carbocycles. The molecule has 12 heteroatoms. The summed E-state index contributed by atoms with van der Waals surface area (Å²) in [5.74, 6) is -1.61. The van der Waals surface area contributed by atoms with Gasteiger partial charge in [-0.3, -0.25) is 28.3 Å². The number of likely N-dealkylation sites (tertiary alicyclic amines) is 1. The van der Waals surface area contributed by atoms with Gasteiger partial charge >= 0.3 is 5.69 Å². The number of nitrogens with zero attached hydrogens (tertiary/aromatic N) is 4. The Morgan fingerprint density at radius 3 is 2.46 bits per heavy atom. The minimum Gasteiger partial charge on any atom is -0.347 e. The molecule has 2 aliphatic rings. The highest BCUT2D eigenvalue weighted by Crippen LogP contribution is 2.30. The van der Waals surface area contributed by atoms with Crippen LogP contribution in [-0.4, -0.2) is 50.9 Å². The van der Waals surface area contributed by atoms with Gasteiger partial charge in [-0.2, -0.15) is 5.26 Å². The minimum atomic E-state index is -0.775. The van der Waals surface area contributed by atoms with Crippen molar-refractivity contribution in [1.29, 1.82) is 5.26 Å². The van der Waals surface area contributed by atoms with Gasteiger partial charge in [-0.1, -0.05) is 11.6 Å². The molecule has 2 fully saturated rings. The molecular formula is C29H29ClN6O5. The van der Waals surface area contributed by atoms with Crippen molar-refractivity contribution in [3.8, 4) is 6.07 Å². The molecule has 2 heterocycles. The molecular weight excluding hydrogens is 548 g/mol. The van der Waals surface area contributed by atoms with Gasteiger partial charge in [-0.05, 0) is 62.1 Å². The number of anilines is 1. The average molecular weight is 577 g/mol. The lowest BCUT2D eigenvalue weighted by atomic mass is 10.0. The van der Waals surface area contributed by atoms with Gasteiger partial charge in [0.05, 0.1) is 33.4 Å². The fourth-order valence-corrected chi connectivity index (χ4v) is 5.46. The number of nitrogens with one attached hydrogen (secondary N) is 2. The summed E-state index contributed by atoms with van der Waals surface area (Å²) in [6, 6.07) is 10.4. The van der Waals surface area contributed by atoms with Gasteiger partial charge in [0.25, 0.3) is 11.5 Å². The predicted octanol–water partition coefficient (Wildman–Crippen LogP) is 2.33. The van der Waals surface area contributed by atoms with Crippen molar-refractivity contribution in [3.63, 3.8) is 0 Å². The van der Waals surface area contributed by atoms with E-state index in [2.05, 4.69) is 10.6 Å². The maximum atomic E-state index is 13.5. The van der Waals surface area contributed by atoms with Crippen LogP contribution in [0.1, 0.15) is 42.6 Å². The van der Waals surface area contributed by atoms with E-state index in [-0.39, 0.29) is 40.8 Å². The third kappa shape index (κ3) is 5.60. The fraction of sp³-hybridized carbons (Fsp3) is 0.379. The zero-order chi connectivity index (χ0) is 29.4. The van der Waals surface area contributed by atoms with Crippen LogP contribution in [0, 0.1) is 23.2 Å². The first-order valence-electron chi connectivity index (χ1n) is 13.5. The normalized spacial score (nSPS) is 18.2. The zero-order valence-electron chi connectivity index (χ0n) is 22.6. The molecule has 1 aliphatic carbocycles. The molecule has 0 spiro atoms. The second kappa shape index (κ2) is 11.2. The molecule has 0 bridgehead atoms. The highest BCUT2D eigenvalue weighted by molar-refractivity contribution is 6.32. The van der Waals surface area contributed by atoms with Crippen LogP contribution in [-0.2, 0) is 22.7 Å². The van der Waals surface area contributed by atoms with E-state index in [9.17, 15) is 24.0 Å². The van der Waals surface area contributed by atoms with E-state index in [1.54, 1.807) is 22.8 Å². The number of hydrogen-bond donors (Lipinski definition) is 2. The largest absolute Gasteiger partial charge is 0.347 e. The summed E-state index contributed by atoms with van der Waals surface area (Å²) < 4.78 is 2.82. The van der Waals surface area contributed by atoms with Gasteiger partial charge in [0.15, 0.2) is 0 Å². The maximum absolute atomic E-state index is 13.5. The van der Waals surface area contributed by atoms with Crippen LogP contribution in [0.2, 0.25) is 5.02 Å². The molecule has 41 heavy (non-hydrogen) atoms. The molecule has 3 aromatic rings. The average Bonchev–Trinajstić information content (AvgIpc) is 3.67. The number of nitriles is 1. The molecule has 11 nitrogen and oxygen atoms in total. The number of benzene rings is 2. The summed E-state index contributed by atoms with van der Waals surface area (Å²) in [6.07, 6.45) is 1.97. The van der Waals surface area contributed by atoms with Crippen molar-refractivity contribution in [2.75, 3.05) is 18.4 Å². The van der Waals surface area contributed by atoms with Crippen LogP contribution in [0.5, 0.6) is 0 Å². The van der Waals surface area contributed by atoms with E-state index in [1.807, 2.05) is 13.0 Å². The Morgan fingerprint density at radius 1 is 1.07 bits per heavy atom. The summed E-state index contributed by atoms with van der Waals surface area (Å²) in [7, 11) is 0. The monoisotopic (exact) mass is 576 g/mol. The molecule has 0 radical (unpaired) electrons. The Kier molecular flexibility index (Phi) is 7.69. The summed E-state index contributed by atoms with van der Waals surface area (Å²) in [5, 5.41) is 15.2. The van der Waals surface area contributed by atoms with Gasteiger partial charge in [0, 0.05) is 44.4 Å². The number of carbonyl (C=O) groups excluding carboxylic acids is 3. The Bertz CT molecular complexity index is 1730. The number of carbonyl (C=O) groups is 3. The second-order valence-electron chi connectivity index (χ2n) is 10.5. The van der Waals surface area contributed by atoms with Crippen LogP contribution in [0.4, 0.5) is 5.69 Å².